The molecule has 4 heterocycles. The zero-order valence-corrected chi connectivity index (χ0v) is 18.1. The Balaban J connectivity index is 1.33. The van der Waals surface area contributed by atoms with Crippen LogP contribution >= 0.6 is 11.3 Å². The van der Waals surface area contributed by atoms with E-state index in [-0.39, 0.29) is 12.5 Å². The SMILES string of the molecule is C[C@@]1(C#N)COCc2ccc(C(=O)NCc3cc4nc(-c5ccccn5)sc4cn3)cc21. The predicted octanol–water partition coefficient (Wildman–Crippen LogP) is 3.99. The molecule has 1 amide bonds. The molecule has 4 aromatic rings. The lowest BCUT2D eigenvalue weighted by molar-refractivity contribution is 0.0757. The second-order valence-electron chi connectivity index (χ2n) is 7.87. The van der Waals surface area contributed by atoms with Gasteiger partial charge < -0.3 is 10.1 Å². The maximum Gasteiger partial charge on any atom is 0.251 e. The average molecular weight is 442 g/mol. The summed E-state index contributed by atoms with van der Waals surface area (Å²) in [6, 6.07) is 15.3. The third kappa shape index (κ3) is 3.73. The first-order valence-electron chi connectivity index (χ1n) is 10.1. The highest BCUT2D eigenvalue weighted by molar-refractivity contribution is 7.21. The Labute approximate surface area is 188 Å². The van der Waals surface area contributed by atoms with E-state index in [2.05, 4.69) is 26.3 Å². The van der Waals surface area contributed by atoms with E-state index < -0.39 is 5.41 Å². The molecule has 3 aromatic heterocycles. The summed E-state index contributed by atoms with van der Waals surface area (Å²) in [6.07, 6.45) is 3.52. The van der Waals surface area contributed by atoms with Crippen molar-refractivity contribution in [3.05, 3.63) is 77.2 Å². The number of amides is 1. The monoisotopic (exact) mass is 441 g/mol. The van der Waals surface area contributed by atoms with Crippen molar-refractivity contribution in [2.75, 3.05) is 6.61 Å². The van der Waals surface area contributed by atoms with Crippen LogP contribution in [-0.2, 0) is 23.3 Å². The number of hydrogen-bond acceptors (Lipinski definition) is 7. The summed E-state index contributed by atoms with van der Waals surface area (Å²) in [5.74, 6) is -0.214. The molecule has 1 atom stereocenters. The molecule has 0 aliphatic carbocycles. The predicted molar refractivity (Wildman–Crippen MR) is 121 cm³/mol. The van der Waals surface area contributed by atoms with Crippen molar-refractivity contribution in [2.45, 2.75) is 25.5 Å². The highest BCUT2D eigenvalue weighted by Crippen LogP contribution is 2.32. The Morgan fingerprint density at radius 1 is 1.28 bits per heavy atom. The molecule has 1 aliphatic heterocycles. The molecule has 158 valence electrons. The van der Waals surface area contributed by atoms with E-state index in [9.17, 15) is 10.1 Å². The number of fused-ring (bicyclic) bond motifs is 2. The van der Waals surface area contributed by atoms with Crippen LogP contribution in [-0.4, -0.2) is 27.5 Å². The zero-order chi connectivity index (χ0) is 22.1. The highest BCUT2D eigenvalue weighted by Gasteiger charge is 2.33. The van der Waals surface area contributed by atoms with Gasteiger partial charge in [-0.3, -0.25) is 14.8 Å². The van der Waals surface area contributed by atoms with E-state index in [1.807, 2.05) is 37.3 Å². The lowest BCUT2D eigenvalue weighted by atomic mass is 9.79. The first-order valence-corrected chi connectivity index (χ1v) is 10.9. The number of nitriles is 1. The molecule has 0 saturated heterocycles. The molecule has 1 aliphatic rings. The summed E-state index contributed by atoms with van der Waals surface area (Å²) in [5, 5.41) is 13.3. The van der Waals surface area contributed by atoms with Crippen LogP contribution in [0.15, 0.2) is 54.9 Å². The van der Waals surface area contributed by atoms with Crippen LogP contribution in [0, 0.1) is 11.3 Å². The van der Waals surface area contributed by atoms with Crippen LogP contribution in [0.5, 0.6) is 0 Å². The van der Waals surface area contributed by atoms with Crippen molar-refractivity contribution in [1.82, 2.24) is 20.3 Å². The van der Waals surface area contributed by atoms with Crippen molar-refractivity contribution in [2.24, 2.45) is 0 Å². The van der Waals surface area contributed by atoms with Crippen LogP contribution in [0.25, 0.3) is 20.9 Å². The number of nitrogens with zero attached hydrogens (tertiary/aromatic N) is 4. The first-order chi connectivity index (χ1) is 15.6. The largest absolute Gasteiger partial charge is 0.375 e. The number of carbonyl (C=O) groups is 1. The second kappa shape index (κ2) is 8.11. The van der Waals surface area contributed by atoms with Crippen LogP contribution in [0.1, 0.15) is 34.1 Å². The molecule has 0 radical (unpaired) electrons. The summed E-state index contributed by atoms with van der Waals surface area (Å²) in [4.78, 5) is 26.3. The normalized spacial score (nSPS) is 17.5. The van der Waals surface area contributed by atoms with E-state index in [1.165, 1.54) is 11.3 Å². The minimum Gasteiger partial charge on any atom is -0.375 e. The summed E-state index contributed by atoms with van der Waals surface area (Å²) in [5.41, 5.74) is 3.92. The summed E-state index contributed by atoms with van der Waals surface area (Å²) >= 11 is 1.54. The average Bonchev–Trinajstić information content (AvgIpc) is 3.27. The number of nitrogens with one attached hydrogen (secondary N) is 1. The number of thiazole rings is 1. The van der Waals surface area contributed by atoms with Gasteiger partial charge in [-0.15, -0.1) is 11.3 Å². The number of rotatable bonds is 4. The molecule has 32 heavy (non-hydrogen) atoms. The van der Waals surface area contributed by atoms with Crippen molar-refractivity contribution in [1.29, 1.82) is 5.26 Å². The molecule has 0 saturated carbocycles. The summed E-state index contributed by atoms with van der Waals surface area (Å²) < 4.78 is 6.50. The van der Waals surface area contributed by atoms with Gasteiger partial charge in [-0.1, -0.05) is 12.1 Å². The Morgan fingerprint density at radius 2 is 2.19 bits per heavy atom. The van der Waals surface area contributed by atoms with Gasteiger partial charge in [-0.2, -0.15) is 5.26 Å². The fourth-order valence-corrected chi connectivity index (χ4v) is 4.63. The number of aromatic nitrogens is 3. The zero-order valence-electron chi connectivity index (χ0n) is 17.3. The van der Waals surface area contributed by atoms with Gasteiger partial charge in [-0.05, 0) is 48.4 Å². The first kappa shape index (κ1) is 20.2. The molecule has 8 heteroatoms. The second-order valence-corrected chi connectivity index (χ2v) is 8.90. The Hall–Kier alpha value is -3.67. The molecule has 0 fully saturated rings. The third-order valence-corrected chi connectivity index (χ3v) is 6.54. The minimum absolute atomic E-state index is 0.214. The standard InChI is InChI=1S/C24H19N5O2S/c1-24(13-25)14-31-12-16-6-5-15(8-18(16)24)22(30)28-10-17-9-20-21(11-27-17)32-23(29-20)19-4-2-3-7-26-19/h2-9,11H,10,12,14H2,1H3,(H,28,30)/t24-/m1/s1. The van der Waals surface area contributed by atoms with E-state index in [1.54, 1.807) is 24.5 Å². The number of hydrogen-bond donors (Lipinski definition) is 1. The lowest BCUT2D eigenvalue weighted by Crippen LogP contribution is -2.33. The van der Waals surface area contributed by atoms with E-state index in [0.29, 0.717) is 18.8 Å². The number of carbonyl (C=O) groups excluding carboxylic acids is 1. The van der Waals surface area contributed by atoms with Crippen LogP contribution in [0.3, 0.4) is 0 Å². The highest BCUT2D eigenvalue weighted by atomic mass is 32.1. The molecule has 1 aromatic carbocycles. The van der Waals surface area contributed by atoms with E-state index in [0.717, 1.165) is 37.7 Å². The van der Waals surface area contributed by atoms with E-state index in [4.69, 9.17) is 4.74 Å². The molecule has 5 rings (SSSR count). The van der Waals surface area contributed by atoms with Gasteiger partial charge in [0.2, 0.25) is 0 Å². The molecule has 0 spiro atoms. The fourth-order valence-electron chi connectivity index (χ4n) is 3.74. The molecule has 0 unspecified atom stereocenters. The topological polar surface area (TPSA) is 101 Å². The van der Waals surface area contributed by atoms with Gasteiger partial charge in [0.25, 0.3) is 5.91 Å². The molecule has 7 nitrogen and oxygen atoms in total. The van der Waals surface area contributed by atoms with Crippen molar-refractivity contribution in [3.63, 3.8) is 0 Å². The number of ether oxygens (including phenoxy) is 1. The van der Waals surface area contributed by atoms with Gasteiger partial charge in [0.1, 0.15) is 10.4 Å². The summed E-state index contributed by atoms with van der Waals surface area (Å²) in [6.45, 7) is 2.88. The minimum atomic E-state index is -0.758. The van der Waals surface area contributed by atoms with Crippen LogP contribution < -0.4 is 5.32 Å². The van der Waals surface area contributed by atoms with Crippen LogP contribution in [0.4, 0.5) is 0 Å². The third-order valence-electron chi connectivity index (χ3n) is 5.51. The van der Waals surface area contributed by atoms with Crippen LogP contribution in [0.2, 0.25) is 0 Å². The Bertz CT molecular complexity index is 1360. The summed E-state index contributed by atoms with van der Waals surface area (Å²) in [7, 11) is 0. The maximum absolute atomic E-state index is 12.8. The van der Waals surface area contributed by atoms with Gasteiger partial charge in [0, 0.05) is 18.0 Å². The number of benzene rings is 1. The molecule has 1 N–H and O–H groups in total. The van der Waals surface area contributed by atoms with E-state index >= 15 is 0 Å². The van der Waals surface area contributed by atoms with Gasteiger partial charge >= 0.3 is 0 Å². The lowest BCUT2D eigenvalue weighted by Gasteiger charge is -2.30. The van der Waals surface area contributed by atoms with Gasteiger partial charge in [0.05, 0.1) is 47.4 Å². The van der Waals surface area contributed by atoms with Gasteiger partial charge in [-0.25, -0.2) is 4.98 Å². The quantitative estimate of drug-likeness (QED) is 0.514. The van der Waals surface area contributed by atoms with Gasteiger partial charge in [0.15, 0.2) is 0 Å². The van der Waals surface area contributed by atoms with Crippen molar-refractivity contribution >= 4 is 27.5 Å². The molecular weight excluding hydrogens is 422 g/mol. The van der Waals surface area contributed by atoms with Crippen molar-refractivity contribution < 1.29 is 9.53 Å². The smallest absolute Gasteiger partial charge is 0.251 e. The number of pyridine rings is 2. The maximum atomic E-state index is 12.8. The molecular formula is C24H19N5O2S. The molecule has 0 bridgehead atoms. The Morgan fingerprint density at radius 3 is 3.00 bits per heavy atom. The Kier molecular flexibility index (Phi) is 5.13. The fraction of sp³-hybridized carbons (Fsp3) is 0.208. The van der Waals surface area contributed by atoms with Crippen molar-refractivity contribution in [3.8, 4) is 16.8 Å².